The molecule has 6 N–H and O–H groups in total. The molecule has 3 atom stereocenters. The maximum absolute atomic E-state index is 10.5. The molecule has 0 aliphatic rings. The maximum atomic E-state index is 10.5. The van der Waals surface area contributed by atoms with E-state index in [-0.39, 0.29) is 0 Å². The lowest BCUT2D eigenvalue weighted by Crippen LogP contribution is -2.37. The summed E-state index contributed by atoms with van der Waals surface area (Å²) < 4.78 is 0. The molecule has 0 radical (unpaired) electrons. The van der Waals surface area contributed by atoms with Crippen molar-refractivity contribution in [2.45, 2.75) is 32.5 Å². The van der Waals surface area contributed by atoms with E-state index in [1.54, 1.807) is 13.8 Å². The van der Waals surface area contributed by atoms with Gasteiger partial charge in [0, 0.05) is 0 Å². The Morgan fingerprint density at radius 1 is 0.810 bits per heavy atom. The number of rotatable bonds is 7. The number of hydrogen-bond acceptors (Lipinski definition) is 6. The van der Waals surface area contributed by atoms with Gasteiger partial charge in [0.05, 0.1) is 12.3 Å². The Morgan fingerprint density at radius 2 is 1.24 bits per heavy atom. The average Bonchev–Trinajstić information content (AvgIpc) is 2.27. The van der Waals surface area contributed by atoms with Crippen molar-refractivity contribution >= 4 is 23.9 Å². The van der Waals surface area contributed by atoms with Crippen LogP contribution in [0.4, 0.5) is 0 Å². The lowest BCUT2D eigenvalue weighted by molar-refractivity contribution is -0.161. The van der Waals surface area contributed by atoms with Gasteiger partial charge in [-0.3, -0.25) is 9.59 Å². The fourth-order valence-corrected chi connectivity index (χ4v) is 1.19. The second-order valence-corrected chi connectivity index (χ2v) is 4.34. The number of aliphatic hydroxyl groups is 2. The smallest absolute Gasteiger partial charge is 0.333 e. The first kappa shape index (κ1) is 21.1. The zero-order valence-corrected chi connectivity index (χ0v) is 11.3. The van der Waals surface area contributed by atoms with Gasteiger partial charge in [-0.2, -0.15) is 0 Å². The summed E-state index contributed by atoms with van der Waals surface area (Å²) in [7, 11) is 0. The summed E-state index contributed by atoms with van der Waals surface area (Å²) in [4.78, 5) is 40.1. The summed E-state index contributed by atoms with van der Waals surface area (Å²) in [5.41, 5.74) is 0. The molecule has 0 saturated carbocycles. The van der Waals surface area contributed by atoms with Gasteiger partial charge in [-0.1, -0.05) is 13.8 Å². The molecule has 10 nitrogen and oxygen atoms in total. The molecular formula is C11H18O10. The lowest BCUT2D eigenvalue weighted by Gasteiger charge is -2.18. The zero-order chi connectivity index (χ0) is 17.3. The van der Waals surface area contributed by atoms with E-state index in [2.05, 4.69) is 0 Å². The predicted molar refractivity (Wildman–Crippen MR) is 65.5 cm³/mol. The van der Waals surface area contributed by atoms with Gasteiger partial charge < -0.3 is 30.6 Å². The van der Waals surface area contributed by atoms with Crippen LogP contribution in [-0.2, 0) is 19.2 Å². The first-order valence-electron chi connectivity index (χ1n) is 5.68. The molecule has 122 valence electrons. The maximum Gasteiger partial charge on any atom is 0.333 e. The molecule has 0 saturated heterocycles. The molecule has 0 aliphatic heterocycles. The number of carbonyl (C=O) groups is 4. The molecule has 0 aromatic carbocycles. The lowest BCUT2D eigenvalue weighted by atomic mass is 9.90. The van der Waals surface area contributed by atoms with Gasteiger partial charge in [0.25, 0.3) is 0 Å². The third-order valence-electron chi connectivity index (χ3n) is 2.25. The first-order valence-corrected chi connectivity index (χ1v) is 5.68. The van der Waals surface area contributed by atoms with Crippen LogP contribution in [0.15, 0.2) is 0 Å². The van der Waals surface area contributed by atoms with Crippen molar-refractivity contribution in [3.05, 3.63) is 0 Å². The summed E-state index contributed by atoms with van der Waals surface area (Å²) in [6.45, 7) is 3.09. The fourth-order valence-electron chi connectivity index (χ4n) is 1.19. The highest BCUT2D eigenvalue weighted by Gasteiger charge is 2.34. The van der Waals surface area contributed by atoms with Crippen LogP contribution in [0.2, 0.25) is 0 Å². The molecule has 0 fully saturated rings. The van der Waals surface area contributed by atoms with Gasteiger partial charge in [0.1, 0.15) is 0 Å². The van der Waals surface area contributed by atoms with Gasteiger partial charge in [0.2, 0.25) is 0 Å². The highest BCUT2D eigenvalue weighted by molar-refractivity contribution is 5.81. The van der Waals surface area contributed by atoms with Crippen LogP contribution in [0.1, 0.15) is 20.3 Å². The Balaban J connectivity index is 0. The van der Waals surface area contributed by atoms with Crippen LogP contribution >= 0.6 is 0 Å². The Hall–Kier alpha value is -2.20. The number of carboxylic acid groups (broad SMARTS) is 4. The third-order valence-corrected chi connectivity index (χ3v) is 2.25. The minimum atomic E-state index is -1.83. The van der Waals surface area contributed by atoms with Crippen molar-refractivity contribution in [1.82, 2.24) is 0 Å². The fraction of sp³-hybridized carbons (Fsp3) is 0.636. The van der Waals surface area contributed by atoms with E-state index in [4.69, 9.17) is 30.6 Å². The molecule has 0 aromatic rings. The van der Waals surface area contributed by atoms with E-state index in [1.807, 2.05) is 0 Å². The van der Waals surface area contributed by atoms with Gasteiger partial charge in [-0.25, -0.2) is 9.59 Å². The number of carboxylic acids is 4. The number of aliphatic carboxylic acids is 4. The minimum Gasteiger partial charge on any atom is -0.481 e. The van der Waals surface area contributed by atoms with E-state index >= 15 is 0 Å². The van der Waals surface area contributed by atoms with Gasteiger partial charge in [-0.05, 0) is 5.92 Å². The van der Waals surface area contributed by atoms with Gasteiger partial charge in [0.15, 0.2) is 12.2 Å². The van der Waals surface area contributed by atoms with Crippen LogP contribution < -0.4 is 0 Å². The highest BCUT2D eigenvalue weighted by Crippen LogP contribution is 2.15. The molecule has 0 aromatic heterocycles. The quantitative estimate of drug-likeness (QED) is 0.329. The second kappa shape index (κ2) is 9.66. The van der Waals surface area contributed by atoms with Gasteiger partial charge in [-0.15, -0.1) is 0 Å². The van der Waals surface area contributed by atoms with E-state index in [0.29, 0.717) is 0 Å². The molecule has 0 bridgehead atoms. The molecule has 0 aliphatic carbocycles. The summed E-state index contributed by atoms with van der Waals surface area (Å²) in [6.07, 6.45) is -4.38. The number of aliphatic hydroxyl groups excluding tert-OH is 2. The first-order chi connectivity index (χ1) is 9.41. The molecule has 0 spiro atoms. The SMILES string of the molecule is CC(C)C(C(=O)O)C(O)C(=O)O.O=C(O)CC(O)C(=O)O. The summed E-state index contributed by atoms with van der Waals surface area (Å²) in [5.74, 6) is -7.30. The highest BCUT2D eigenvalue weighted by atomic mass is 16.4. The third kappa shape index (κ3) is 9.35. The van der Waals surface area contributed by atoms with E-state index in [0.717, 1.165) is 0 Å². The Morgan fingerprint density at radius 3 is 1.33 bits per heavy atom. The van der Waals surface area contributed by atoms with E-state index in [9.17, 15) is 19.2 Å². The van der Waals surface area contributed by atoms with Crippen molar-refractivity contribution in [1.29, 1.82) is 0 Å². The molecule has 0 amide bonds. The van der Waals surface area contributed by atoms with E-state index < -0.39 is 54.3 Å². The van der Waals surface area contributed by atoms with Crippen molar-refractivity contribution in [2.75, 3.05) is 0 Å². The van der Waals surface area contributed by atoms with Crippen LogP contribution in [0.25, 0.3) is 0 Å². The molecular weight excluding hydrogens is 292 g/mol. The summed E-state index contributed by atoms with van der Waals surface area (Å²) in [6, 6.07) is 0. The second-order valence-electron chi connectivity index (χ2n) is 4.34. The van der Waals surface area contributed by atoms with Crippen molar-refractivity contribution in [3.63, 3.8) is 0 Å². The molecule has 0 heterocycles. The topological polar surface area (TPSA) is 190 Å². The molecule has 10 heteroatoms. The Labute approximate surface area is 119 Å². The van der Waals surface area contributed by atoms with Crippen LogP contribution in [0, 0.1) is 11.8 Å². The van der Waals surface area contributed by atoms with Crippen molar-refractivity contribution in [2.24, 2.45) is 11.8 Å². The van der Waals surface area contributed by atoms with Crippen molar-refractivity contribution in [3.8, 4) is 0 Å². The largest absolute Gasteiger partial charge is 0.481 e. The monoisotopic (exact) mass is 310 g/mol. The Kier molecular flexibility index (Phi) is 9.71. The Bertz CT molecular complexity index is 388. The normalized spacial score (nSPS) is 14.3. The molecule has 21 heavy (non-hydrogen) atoms. The van der Waals surface area contributed by atoms with Crippen LogP contribution in [0.3, 0.4) is 0 Å². The summed E-state index contributed by atoms with van der Waals surface area (Å²) in [5, 5.41) is 50.0. The van der Waals surface area contributed by atoms with Crippen molar-refractivity contribution < 1.29 is 49.8 Å². The minimum absolute atomic E-state index is 0.409. The average molecular weight is 310 g/mol. The summed E-state index contributed by atoms with van der Waals surface area (Å²) >= 11 is 0. The van der Waals surface area contributed by atoms with E-state index in [1.165, 1.54) is 0 Å². The van der Waals surface area contributed by atoms with Crippen LogP contribution in [0.5, 0.6) is 0 Å². The molecule has 3 unspecified atom stereocenters. The predicted octanol–water partition coefficient (Wildman–Crippen LogP) is -1.30. The van der Waals surface area contributed by atoms with Gasteiger partial charge >= 0.3 is 23.9 Å². The number of hydrogen-bond donors (Lipinski definition) is 6. The van der Waals surface area contributed by atoms with Crippen LogP contribution in [-0.4, -0.2) is 66.7 Å². The zero-order valence-electron chi connectivity index (χ0n) is 11.3. The standard InChI is InChI=1S/C7H12O5.C4H6O5/c1-3(2)4(6(9)10)5(8)7(11)12;5-2(4(8)9)1-3(6)7/h3-5,8H,1-2H3,(H,9,10)(H,11,12);2,5H,1H2,(H,6,7)(H,8,9). The molecule has 0 rings (SSSR count).